The average molecular weight is 294 g/mol. The van der Waals surface area contributed by atoms with E-state index < -0.39 is 12.1 Å². The van der Waals surface area contributed by atoms with E-state index in [1.54, 1.807) is 6.92 Å². The van der Waals surface area contributed by atoms with Gasteiger partial charge in [0, 0.05) is 19.3 Å². The van der Waals surface area contributed by atoms with Gasteiger partial charge in [-0.25, -0.2) is 4.79 Å². The molecular weight excluding hydrogens is 272 g/mol. The molecule has 0 aliphatic heterocycles. The summed E-state index contributed by atoms with van der Waals surface area (Å²) < 4.78 is 15.8. The van der Waals surface area contributed by atoms with Crippen LogP contribution < -0.4 is 4.74 Å². The Balaban J connectivity index is 2.51. The Labute approximate surface area is 125 Å². The molecule has 0 saturated carbocycles. The summed E-state index contributed by atoms with van der Waals surface area (Å²) in [5.74, 6) is 0.211. The zero-order chi connectivity index (χ0) is 15.7. The van der Waals surface area contributed by atoms with Crippen molar-refractivity contribution in [1.82, 2.24) is 0 Å². The maximum Gasteiger partial charge on any atom is 0.333 e. The Hall–Kier alpha value is -1.85. The van der Waals surface area contributed by atoms with Crippen LogP contribution in [0.2, 0.25) is 0 Å². The number of aliphatic hydroxyl groups excluding tert-OH is 1. The summed E-state index contributed by atoms with van der Waals surface area (Å²) in [5.41, 5.74) is 1.37. The van der Waals surface area contributed by atoms with Gasteiger partial charge in [0.1, 0.15) is 12.4 Å². The van der Waals surface area contributed by atoms with Crippen molar-refractivity contribution >= 4 is 5.97 Å². The Bertz CT molecular complexity index is 452. The topological polar surface area (TPSA) is 65.0 Å². The highest BCUT2D eigenvalue weighted by Crippen LogP contribution is 2.13. The van der Waals surface area contributed by atoms with Crippen molar-refractivity contribution in [3.05, 3.63) is 42.0 Å². The fourth-order valence-electron chi connectivity index (χ4n) is 1.62. The summed E-state index contributed by atoms with van der Waals surface area (Å²) in [6.07, 6.45) is 0.124. The number of rotatable bonds is 9. The molecule has 0 aliphatic carbocycles. The molecule has 1 aromatic carbocycles. The molecular formula is C16H22O5. The smallest absolute Gasteiger partial charge is 0.333 e. The summed E-state index contributed by atoms with van der Waals surface area (Å²) >= 11 is 0. The van der Waals surface area contributed by atoms with E-state index in [2.05, 4.69) is 6.58 Å². The Kier molecular flexibility index (Phi) is 7.50. The second-order valence-corrected chi connectivity index (χ2v) is 4.69. The molecule has 0 bridgehead atoms. The van der Waals surface area contributed by atoms with Crippen molar-refractivity contribution in [3.8, 4) is 5.75 Å². The molecule has 0 amide bonds. The largest absolute Gasteiger partial charge is 0.490 e. The lowest BCUT2D eigenvalue weighted by Crippen LogP contribution is -2.29. The SMILES string of the molecule is C=C(C)C(=O)OC(COC)COc1ccc(CCO)cc1. The summed E-state index contributed by atoms with van der Waals surface area (Å²) in [5, 5.41) is 8.85. The van der Waals surface area contributed by atoms with E-state index in [-0.39, 0.29) is 19.8 Å². The van der Waals surface area contributed by atoms with Crippen LogP contribution in [0.25, 0.3) is 0 Å². The number of ether oxygens (including phenoxy) is 3. The molecule has 1 atom stereocenters. The number of benzene rings is 1. The Morgan fingerprint density at radius 2 is 1.95 bits per heavy atom. The van der Waals surface area contributed by atoms with Crippen LogP contribution in [0, 0.1) is 0 Å². The number of aliphatic hydroxyl groups is 1. The van der Waals surface area contributed by atoms with Crippen LogP contribution in [0.3, 0.4) is 0 Å². The number of carbonyl (C=O) groups excluding carboxylic acids is 1. The lowest BCUT2D eigenvalue weighted by atomic mass is 10.1. The molecule has 116 valence electrons. The third-order valence-corrected chi connectivity index (χ3v) is 2.73. The van der Waals surface area contributed by atoms with E-state index in [0.717, 1.165) is 5.56 Å². The van der Waals surface area contributed by atoms with Gasteiger partial charge >= 0.3 is 5.97 Å². The zero-order valence-electron chi connectivity index (χ0n) is 12.5. The highest BCUT2D eigenvalue weighted by Gasteiger charge is 2.15. The summed E-state index contributed by atoms with van der Waals surface area (Å²) in [6, 6.07) is 7.40. The predicted molar refractivity (Wildman–Crippen MR) is 79.3 cm³/mol. The Morgan fingerprint density at radius 3 is 2.48 bits per heavy atom. The van der Waals surface area contributed by atoms with Crippen LogP contribution in [0.4, 0.5) is 0 Å². The van der Waals surface area contributed by atoms with Gasteiger partial charge in [0.25, 0.3) is 0 Å². The molecule has 21 heavy (non-hydrogen) atoms. The second kappa shape index (κ2) is 9.15. The van der Waals surface area contributed by atoms with Crippen molar-refractivity contribution in [2.45, 2.75) is 19.4 Å². The minimum Gasteiger partial charge on any atom is -0.490 e. The number of esters is 1. The number of hydrogen-bond donors (Lipinski definition) is 1. The van der Waals surface area contributed by atoms with E-state index in [0.29, 0.717) is 17.7 Å². The minimum atomic E-state index is -0.490. The first-order chi connectivity index (χ1) is 10.1. The molecule has 1 unspecified atom stereocenters. The fourth-order valence-corrected chi connectivity index (χ4v) is 1.62. The molecule has 0 aliphatic rings. The van der Waals surface area contributed by atoms with E-state index in [1.165, 1.54) is 7.11 Å². The minimum absolute atomic E-state index is 0.118. The van der Waals surface area contributed by atoms with Crippen molar-refractivity contribution in [1.29, 1.82) is 0 Å². The van der Waals surface area contributed by atoms with Gasteiger partial charge in [0.05, 0.1) is 6.61 Å². The maximum atomic E-state index is 11.5. The first kappa shape index (κ1) is 17.2. The van der Waals surface area contributed by atoms with Crippen LogP contribution in [-0.4, -0.2) is 44.1 Å². The van der Waals surface area contributed by atoms with Crippen molar-refractivity contribution < 1.29 is 24.1 Å². The van der Waals surface area contributed by atoms with Crippen LogP contribution in [0.1, 0.15) is 12.5 Å². The van der Waals surface area contributed by atoms with Crippen LogP contribution >= 0.6 is 0 Å². The van der Waals surface area contributed by atoms with Gasteiger partial charge in [-0.15, -0.1) is 0 Å². The van der Waals surface area contributed by atoms with Gasteiger partial charge in [0.15, 0.2) is 6.10 Å². The highest BCUT2D eigenvalue weighted by atomic mass is 16.6. The van der Waals surface area contributed by atoms with Crippen LogP contribution in [0.5, 0.6) is 5.75 Å². The molecule has 5 nitrogen and oxygen atoms in total. The van der Waals surface area contributed by atoms with E-state index in [1.807, 2.05) is 24.3 Å². The molecule has 0 aromatic heterocycles. The van der Waals surface area contributed by atoms with E-state index in [9.17, 15) is 4.79 Å². The first-order valence-corrected chi connectivity index (χ1v) is 6.74. The number of hydrogen-bond acceptors (Lipinski definition) is 5. The molecule has 1 aromatic rings. The van der Waals surface area contributed by atoms with E-state index in [4.69, 9.17) is 19.3 Å². The van der Waals surface area contributed by atoms with Gasteiger partial charge < -0.3 is 19.3 Å². The lowest BCUT2D eigenvalue weighted by molar-refractivity contribution is -0.148. The first-order valence-electron chi connectivity index (χ1n) is 6.74. The predicted octanol–water partition coefficient (Wildman–Crippen LogP) is 1.73. The molecule has 0 heterocycles. The number of methoxy groups -OCH3 is 1. The normalized spacial score (nSPS) is 11.8. The zero-order valence-corrected chi connectivity index (χ0v) is 12.5. The van der Waals surface area contributed by atoms with Crippen molar-refractivity contribution in [2.75, 3.05) is 26.9 Å². The highest BCUT2D eigenvalue weighted by molar-refractivity contribution is 5.87. The molecule has 1 N–H and O–H groups in total. The van der Waals surface area contributed by atoms with E-state index >= 15 is 0 Å². The molecule has 0 radical (unpaired) electrons. The molecule has 5 heteroatoms. The second-order valence-electron chi connectivity index (χ2n) is 4.69. The van der Waals surface area contributed by atoms with Gasteiger partial charge in [-0.05, 0) is 31.0 Å². The fraction of sp³-hybridized carbons (Fsp3) is 0.438. The maximum absolute atomic E-state index is 11.5. The average Bonchev–Trinajstić information content (AvgIpc) is 2.46. The quantitative estimate of drug-likeness (QED) is 0.555. The third-order valence-electron chi connectivity index (χ3n) is 2.73. The molecule has 1 rings (SSSR count). The molecule has 0 spiro atoms. The van der Waals surface area contributed by atoms with Gasteiger partial charge in [-0.1, -0.05) is 18.7 Å². The lowest BCUT2D eigenvalue weighted by Gasteiger charge is -2.18. The van der Waals surface area contributed by atoms with Gasteiger partial charge in [-0.3, -0.25) is 0 Å². The summed E-state index contributed by atoms with van der Waals surface area (Å²) in [4.78, 5) is 11.5. The monoisotopic (exact) mass is 294 g/mol. The number of carbonyl (C=O) groups is 1. The van der Waals surface area contributed by atoms with Gasteiger partial charge in [-0.2, -0.15) is 0 Å². The standard InChI is InChI=1S/C16H22O5/c1-12(2)16(18)21-15(10-19-3)11-20-14-6-4-13(5-7-14)8-9-17/h4-7,15,17H,1,8-11H2,2-3H3. The third kappa shape index (κ3) is 6.42. The summed E-state index contributed by atoms with van der Waals surface area (Å²) in [6.45, 7) is 5.70. The van der Waals surface area contributed by atoms with Crippen molar-refractivity contribution in [2.24, 2.45) is 0 Å². The van der Waals surface area contributed by atoms with Crippen molar-refractivity contribution in [3.63, 3.8) is 0 Å². The molecule has 0 fully saturated rings. The van der Waals surface area contributed by atoms with Gasteiger partial charge in [0.2, 0.25) is 0 Å². The molecule has 0 saturated heterocycles. The van der Waals surface area contributed by atoms with Crippen LogP contribution in [-0.2, 0) is 20.7 Å². The Morgan fingerprint density at radius 1 is 1.29 bits per heavy atom. The summed E-state index contributed by atoms with van der Waals surface area (Å²) in [7, 11) is 1.53. The van der Waals surface area contributed by atoms with Crippen LogP contribution in [0.15, 0.2) is 36.4 Å².